The van der Waals surface area contributed by atoms with E-state index in [4.69, 9.17) is 23.2 Å². The minimum absolute atomic E-state index is 0.0242. The highest BCUT2D eigenvalue weighted by atomic mass is 35.5. The number of hydrogen-bond acceptors (Lipinski definition) is 1. The first-order chi connectivity index (χ1) is 9.44. The zero-order chi connectivity index (χ0) is 14.8. The average molecular weight is 317 g/mol. The number of alkyl halides is 1. The molecule has 2 aromatic rings. The summed E-state index contributed by atoms with van der Waals surface area (Å²) >= 11 is 11.6. The maximum absolute atomic E-state index is 13.8. The fourth-order valence-corrected chi connectivity index (χ4v) is 2.39. The van der Waals surface area contributed by atoms with Crippen LogP contribution in [0.4, 0.5) is 8.78 Å². The van der Waals surface area contributed by atoms with E-state index in [9.17, 15) is 13.9 Å². The van der Waals surface area contributed by atoms with Gasteiger partial charge in [-0.25, -0.2) is 8.78 Å². The van der Waals surface area contributed by atoms with E-state index in [1.807, 2.05) is 0 Å². The molecular formula is C15H12Cl2F2O. The van der Waals surface area contributed by atoms with E-state index in [1.165, 1.54) is 6.07 Å². The molecular weight excluding hydrogens is 305 g/mol. The molecule has 1 atom stereocenters. The van der Waals surface area contributed by atoms with Crippen molar-refractivity contribution in [2.45, 2.75) is 12.0 Å². The normalized spacial score (nSPS) is 14.1. The zero-order valence-electron chi connectivity index (χ0n) is 10.4. The van der Waals surface area contributed by atoms with Crippen LogP contribution in [0.15, 0.2) is 42.5 Å². The molecule has 0 aliphatic rings. The van der Waals surface area contributed by atoms with Gasteiger partial charge in [0.05, 0.1) is 5.88 Å². The van der Waals surface area contributed by atoms with Crippen LogP contribution in [0.3, 0.4) is 0 Å². The minimum Gasteiger partial charge on any atom is -0.383 e. The van der Waals surface area contributed by atoms with Gasteiger partial charge in [-0.1, -0.05) is 29.8 Å². The third-order valence-corrected chi connectivity index (χ3v) is 3.76. The first kappa shape index (κ1) is 15.2. The van der Waals surface area contributed by atoms with Crippen molar-refractivity contribution in [2.24, 2.45) is 0 Å². The Morgan fingerprint density at radius 2 is 1.70 bits per heavy atom. The number of aliphatic hydroxyl groups is 1. The highest BCUT2D eigenvalue weighted by Crippen LogP contribution is 2.30. The first-order valence-corrected chi connectivity index (χ1v) is 6.84. The maximum atomic E-state index is 13.8. The quantitative estimate of drug-likeness (QED) is 0.834. The van der Waals surface area contributed by atoms with Crippen LogP contribution in [0.5, 0.6) is 0 Å². The van der Waals surface area contributed by atoms with Crippen LogP contribution in [0, 0.1) is 11.6 Å². The standard InChI is InChI=1S/C15H12Cl2F2O/c16-9-15(20,8-10-1-3-11(17)4-2-10)13-6-5-12(18)7-14(13)19/h1-7,20H,8-9H2. The molecule has 2 rings (SSSR count). The summed E-state index contributed by atoms with van der Waals surface area (Å²) in [7, 11) is 0. The van der Waals surface area contributed by atoms with E-state index in [1.54, 1.807) is 24.3 Å². The van der Waals surface area contributed by atoms with E-state index < -0.39 is 17.2 Å². The van der Waals surface area contributed by atoms with Gasteiger partial charge in [0.2, 0.25) is 0 Å². The second-order valence-corrected chi connectivity index (χ2v) is 5.30. The summed E-state index contributed by atoms with van der Waals surface area (Å²) in [6.45, 7) is 0. The van der Waals surface area contributed by atoms with Crippen LogP contribution < -0.4 is 0 Å². The van der Waals surface area contributed by atoms with Gasteiger partial charge in [0.25, 0.3) is 0 Å². The smallest absolute Gasteiger partial charge is 0.132 e. The van der Waals surface area contributed by atoms with E-state index in [0.717, 1.165) is 17.7 Å². The van der Waals surface area contributed by atoms with Gasteiger partial charge >= 0.3 is 0 Å². The Morgan fingerprint density at radius 3 is 2.25 bits per heavy atom. The molecule has 0 fully saturated rings. The van der Waals surface area contributed by atoms with Crippen LogP contribution in [0.25, 0.3) is 0 Å². The van der Waals surface area contributed by atoms with Gasteiger partial charge in [0.15, 0.2) is 0 Å². The van der Waals surface area contributed by atoms with Crippen molar-refractivity contribution in [3.05, 3.63) is 70.2 Å². The molecule has 0 radical (unpaired) electrons. The molecule has 0 aliphatic carbocycles. The lowest BCUT2D eigenvalue weighted by Gasteiger charge is -2.27. The topological polar surface area (TPSA) is 20.2 Å². The molecule has 0 saturated carbocycles. The van der Waals surface area contributed by atoms with Gasteiger partial charge in [-0.3, -0.25) is 0 Å². The SMILES string of the molecule is OC(CCl)(Cc1ccc(Cl)cc1)c1ccc(F)cc1F. The van der Waals surface area contributed by atoms with Crippen LogP contribution in [0.1, 0.15) is 11.1 Å². The van der Waals surface area contributed by atoms with Crippen LogP contribution >= 0.6 is 23.2 Å². The molecule has 1 unspecified atom stereocenters. The van der Waals surface area contributed by atoms with Crippen molar-refractivity contribution in [2.75, 3.05) is 5.88 Å². The zero-order valence-corrected chi connectivity index (χ0v) is 11.9. The number of halogens is 4. The minimum atomic E-state index is -1.60. The second-order valence-electron chi connectivity index (χ2n) is 4.59. The van der Waals surface area contributed by atoms with Gasteiger partial charge in [-0.05, 0) is 23.8 Å². The van der Waals surface area contributed by atoms with Crippen molar-refractivity contribution in [1.82, 2.24) is 0 Å². The molecule has 0 aromatic heterocycles. The Labute approximate surface area is 125 Å². The Balaban J connectivity index is 2.35. The first-order valence-electron chi connectivity index (χ1n) is 5.93. The largest absolute Gasteiger partial charge is 0.383 e. The Kier molecular flexibility index (Phi) is 4.63. The Morgan fingerprint density at radius 1 is 1.05 bits per heavy atom. The van der Waals surface area contributed by atoms with Gasteiger partial charge in [-0.2, -0.15) is 0 Å². The average Bonchev–Trinajstić information content (AvgIpc) is 2.41. The molecule has 0 amide bonds. The Bertz CT molecular complexity index is 601. The third kappa shape index (κ3) is 3.29. The maximum Gasteiger partial charge on any atom is 0.132 e. The van der Waals surface area contributed by atoms with Crippen molar-refractivity contribution in [3.8, 4) is 0 Å². The molecule has 0 heterocycles. The van der Waals surface area contributed by atoms with E-state index in [2.05, 4.69) is 0 Å². The van der Waals surface area contributed by atoms with Gasteiger partial charge in [-0.15, -0.1) is 11.6 Å². The van der Waals surface area contributed by atoms with Crippen molar-refractivity contribution >= 4 is 23.2 Å². The summed E-state index contributed by atoms with van der Waals surface area (Å²) in [6.07, 6.45) is 0.107. The van der Waals surface area contributed by atoms with Crippen molar-refractivity contribution in [3.63, 3.8) is 0 Å². The lowest BCUT2D eigenvalue weighted by Crippen LogP contribution is -2.32. The highest BCUT2D eigenvalue weighted by molar-refractivity contribution is 6.30. The van der Waals surface area contributed by atoms with E-state index in [-0.39, 0.29) is 17.9 Å². The predicted molar refractivity (Wildman–Crippen MR) is 76.1 cm³/mol. The lowest BCUT2D eigenvalue weighted by atomic mass is 9.88. The summed E-state index contributed by atoms with van der Waals surface area (Å²) < 4.78 is 26.8. The molecule has 0 aliphatic heterocycles. The Hall–Kier alpha value is -1.16. The molecule has 0 saturated heterocycles. The summed E-state index contributed by atoms with van der Waals surface area (Å²) in [5, 5.41) is 11.1. The lowest BCUT2D eigenvalue weighted by molar-refractivity contribution is 0.0575. The number of benzene rings is 2. The fourth-order valence-electron chi connectivity index (χ4n) is 2.02. The summed E-state index contributed by atoms with van der Waals surface area (Å²) in [6, 6.07) is 9.83. The molecule has 2 aromatic carbocycles. The van der Waals surface area contributed by atoms with Gasteiger partial charge in [0, 0.05) is 23.1 Å². The van der Waals surface area contributed by atoms with Crippen molar-refractivity contribution < 1.29 is 13.9 Å². The summed E-state index contributed by atoms with van der Waals surface area (Å²) in [5.41, 5.74) is -0.877. The molecule has 1 N–H and O–H groups in total. The van der Waals surface area contributed by atoms with Gasteiger partial charge in [0.1, 0.15) is 17.2 Å². The molecule has 106 valence electrons. The third-order valence-electron chi connectivity index (χ3n) is 3.06. The molecule has 0 spiro atoms. The van der Waals surface area contributed by atoms with E-state index >= 15 is 0 Å². The molecule has 0 bridgehead atoms. The van der Waals surface area contributed by atoms with Crippen LogP contribution in [-0.4, -0.2) is 11.0 Å². The second kappa shape index (κ2) is 6.08. The van der Waals surface area contributed by atoms with Crippen LogP contribution in [-0.2, 0) is 12.0 Å². The summed E-state index contributed by atoms with van der Waals surface area (Å²) in [4.78, 5) is 0. The van der Waals surface area contributed by atoms with Gasteiger partial charge < -0.3 is 5.11 Å². The predicted octanol–water partition coefficient (Wildman–Crippen LogP) is 4.29. The van der Waals surface area contributed by atoms with E-state index in [0.29, 0.717) is 5.02 Å². The molecule has 5 heteroatoms. The molecule has 1 nitrogen and oxygen atoms in total. The van der Waals surface area contributed by atoms with Crippen molar-refractivity contribution in [1.29, 1.82) is 0 Å². The van der Waals surface area contributed by atoms with Crippen LogP contribution in [0.2, 0.25) is 5.02 Å². The fraction of sp³-hybridized carbons (Fsp3) is 0.200. The highest BCUT2D eigenvalue weighted by Gasteiger charge is 2.31. The monoisotopic (exact) mass is 316 g/mol. The number of rotatable bonds is 4. The number of hydrogen-bond donors (Lipinski definition) is 1. The summed E-state index contributed by atoms with van der Waals surface area (Å²) in [5.74, 6) is -1.73. The molecule has 20 heavy (non-hydrogen) atoms.